The summed E-state index contributed by atoms with van der Waals surface area (Å²) in [6.45, 7) is 7.65. The van der Waals surface area contributed by atoms with Crippen molar-refractivity contribution in [3.8, 4) is 0 Å². The quantitative estimate of drug-likeness (QED) is 0.191. The van der Waals surface area contributed by atoms with Gasteiger partial charge in [-0.1, -0.05) is 116 Å². The van der Waals surface area contributed by atoms with Crippen molar-refractivity contribution in [1.82, 2.24) is 0 Å². The molecule has 0 atom stereocenters. The molecular formula is C26H54O2. The van der Waals surface area contributed by atoms with Gasteiger partial charge in [0.25, 0.3) is 0 Å². The summed E-state index contributed by atoms with van der Waals surface area (Å²) >= 11 is 0. The van der Waals surface area contributed by atoms with Crippen LogP contribution < -0.4 is 0 Å². The Hall–Kier alpha value is -0.0800. The summed E-state index contributed by atoms with van der Waals surface area (Å²) in [5.74, 6) is 0. The molecule has 2 heteroatoms. The number of aliphatic hydroxyl groups is 2. The van der Waals surface area contributed by atoms with E-state index in [1.807, 2.05) is 27.7 Å². The number of hydrogen-bond acceptors (Lipinski definition) is 2. The van der Waals surface area contributed by atoms with Crippen LogP contribution in [0.1, 0.15) is 156 Å². The third-order valence-corrected chi connectivity index (χ3v) is 5.83. The van der Waals surface area contributed by atoms with Crippen molar-refractivity contribution >= 4 is 0 Å². The first-order valence-electron chi connectivity index (χ1n) is 12.7. The van der Waals surface area contributed by atoms with Crippen LogP contribution in [0.5, 0.6) is 0 Å². The van der Waals surface area contributed by atoms with Crippen molar-refractivity contribution in [2.24, 2.45) is 0 Å². The van der Waals surface area contributed by atoms with Crippen molar-refractivity contribution < 1.29 is 10.2 Å². The highest BCUT2D eigenvalue weighted by molar-refractivity contribution is 4.65. The van der Waals surface area contributed by atoms with Crippen LogP contribution in [-0.4, -0.2) is 21.4 Å². The molecule has 0 fully saturated rings. The summed E-state index contributed by atoms with van der Waals surface area (Å²) in [5, 5.41) is 19.4. The highest BCUT2D eigenvalue weighted by Gasteiger charge is 2.11. The summed E-state index contributed by atoms with van der Waals surface area (Å²) in [7, 11) is 0. The van der Waals surface area contributed by atoms with Gasteiger partial charge in [0, 0.05) is 0 Å². The molecule has 0 saturated carbocycles. The maximum atomic E-state index is 9.68. The molecule has 0 rings (SSSR count). The van der Waals surface area contributed by atoms with Crippen LogP contribution in [0.4, 0.5) is 0 Å². The first kappa shape index (κ1) is 27.9. The second-order valence-corrected chi connectivity index (χ2v) is 10.5. The molecule has 2 N–H and O–H groups in total. The summed E-state index contributed by atoms with van der Waals surface area (Å²) in [4.78, 5) is 0. The zero-order chi connectivity index (χ0) is 21.1. The molecule has 2 nitrogen and oxygen atoms in total. The van der Waals surface area contributed by atoms with Crippen LogP contribution in [-0.2, 0) is 0 Å². The molecule has 0 unspecified atom stereocenters. The van der Waals surface area contributed by atoms with Gasteiger partial charge in [-0.15, -0.1) is 0 Å². The molecular weight excluding hydrogens is 344 g/mol. The van der Waals surface area contributed by atoms with Gasteiger partial charge >= 0.3 is 0 Å². The molecule has 0 aliphatic rings. The average molecular weight is 399 g/mol. The van der Waals surface area contributed by atoms with Crippen LogP contribution in [0, 0.1) is 0 Å². The summed E-state index contributed by atoms with van der Waals surface area (Å²) in [5.41, 5.74) is -0.948. The highest BCUT2D eigenvalue weighted by atomic mass is 16.3. The minimum Gasteiger partial charge on any atom is -0.390 e. The third kappa shape index (κ3) is 25.9. The molecule has 0 aromatic rings. The molecule has 0 aliphatic heterocycles. The Morgan fingerprint density at radius 3 is 0.607 bits per heavy atom. The van der Waals surface area contributed by atoms with E-state index in [-0.39, 0.29) is 0 Å². The molecule has 0 heterocycles. The molecule has 0 aromatic carbocycles. The largest absolute Gasteiger partial charge is 0.390 e. The van der Waals surface area contributed by atoms with Crippen molar-refractivity contribution in [2.45, 2.75) is 167 Å². The fraction of sp³-hybridized carbons (Fsp3) is 1.00. The minimum atomic E-state index is -0.474. The first-order chi connectivity index (χ1) is 13.2. The SMILES string of the molecule is CC(C)(O)CCCCCCCCCCCCCCCCCCCCC(C)(C)O. The summed E-state index contributed by atoms with van der Waals surface area (Å²) in [6, 6.07) is 0. The Kier molecular flexibility index (Phi) is 17.7. The zero-order valence-corrected chi connectivity index (χ0v) is 20.0. The molecule has 0 saturated heterocycles. The van der Waals surface area contributed by atoms with Gasteiger partial charge in [0.15, 0.2) is 0 Å². The Morgan fingerprint density at radius 1 is 0.321 bits per heavy atom. The fourth-order valence-electron chi connectivity index (χ4n) is 3.94. The van der Waals surface area contributed by atoms with Crippen LogP contribution in [0.2, 0.25) is 0 Å². The monoisotopic (exact) mass is 398 g/mol. The van der Waals surface area contributed by atoms with Crippen molar-refractivity contribution in [1.29, 1.82) is 0 Å². The third-order valence-electron chi connectivity index (χ3n) is 5.83. The van der Waals surface area contributed by atoms with E-state index in [1.54, 1.807) is 0 Å². The molecule has 170 valence electrons. The van der Waals surface area contributed by atoms with Crippen molar-refractivity contribution in [3.63, 3.8) is 0 Å². The Balaban J connectivity index is 3.07. The van der Waals surface area contributed by atoms with Crippen LogP contribution in [0.3, 0.4) is 0 Å². The number of rotatable bonds is 21. The molecule has 28 heavy (non-hydrogen) atoms. The molecule has 0 aromatic heterocycles. The van der Waals surface area contributed by atoms with Gasteiger partial charge in [-0.05, 0) is 40.5 Å². The topological polar surface area (TPSA) is 40.5 Å². The van der Waals surface area contributed by atoms with E-state index >= 15 is 0 Å². The lowest BCUT2D eigenvalue weighted by Crippen LogP contribution is -2.17. The maximum Gasteiger partial charge on any atom is 0.0591 e. The second kappa shape index (κ2) is 17.8. The normalized spacial score (nSPS) is 12.6. The molecule has 0 aliphatic carbocycles. The lowest BCUT2D eigenvalue weighted by molar-refractivity contribution is 0.0674. The molecule has 0 amide bonds. The van der Waals surface area contributed by atoms with E-state index in [4.69, 9.17) is 0 Å². The van der Waals surface area contributed by atoms with E-state index in [0.717, 1.165) is 12.8 Å². The van der Waals surface area contributed by atoms with Crippen LogP contribution in [0.25, 0.3) is 0 Å². The standard InChI is InChI=1S/C26H54O2/c1-25(2,27)23-21-19-17-15-13-11-9-7-5-6-8-10-12-14-16-18-20-22-24-26(3,4)28/h27-28H,5-24H2,1-4H3. The van der Waals surface area contributed by atoms with Crippen molar-refractivity contribution in [2.75, 3.05) is 0 Å². The highest BCUT2D eigenvalue weighted by Crippen LogP contribution is 2.17. The van der Waals surface area contributed by atoms with E-state index in [2.05, 4.69) is 0 Å². The molecule has 0 spiro atoms. The van der Waals surface area contributed by atoms with Crippen LogP contribution in [0.15, 0.2) is 0 Å². The maximum absolute atomic E-state index is 9.68. The smallest absolute Gasteiger partial charge is 0.0591 e. The average Bonchev–Trinajstić information content (AvgIpc) is 2.58. The van der Waals surface area contributed by atoms with Gasteiger partial charge in [-0.3, -0.25) is 0 Å². The zero-order valence-electron chi connectivity index (χ0n) is 20.0. The lowest BCUT2D eigenvalue weighted by Gasteiger charge is -2.16. The van der Waals surface area contributed by atoms with Gasteiger partial charge in [0.1, 0.15) is 0 Å². The Labute approximate surface area is 177 Å². The van der Waals surface area contributed by atoms with Gasteiger partial charge in [0.2, 0.25) is 0 Å². The number of unbranched alkanes of at least 4 members (excludes halogenated alkanes) is 17. The summed E-state index contributed by atoms with van der Waals surface area (Å²) < 4.78 is 0. The second-order valence-electron chi connectivity index (χ2n) is 10.5. The van der Waals surface area contributed by atoms with Gasteiger partial charge < -0.3 is 10.2 Å². The fourth-order valence-corrected chi connectivity index (χ4v) is 3.94. The van der Waals surface area contributed by atoms with Gasteiger partial charge in [-0.25, -0.2) is 0 Å². The van der Waals surface area contributed by atoms with E-state index in [0.29, 0.717) is 0 Å². The van der Waals surface area contributed by atoms with E-state index in [9.17, 15) is 10.2 Å². The van der Waals surface area contributed by atoms with Crippen molar-refractivity contribution in [3.05, 3.63) is 0 Å². The lowest BCUT2D eigenvalue weighted by atomic mass is 9.99. The Morgan fingerprint density at radius 2 is 0.464 bits per heavy atom. The summed E-state index contributed by atoms with van der Waals surface area (Å²) in [6.07, 6.45) is 26.4. The Bertz CT molecular complexity index is 279. The minimum absolute atomic E-state index is 0.474. The van der Waals surface area contributed by atoms with E-state index < -0.39 is 11.2 Å². The predicted octanol–water partition coefficient (Wildman–Crippen LogP) is 8.33. The number of hydrogen-bond donors (Lipinski definition) is 2. The predicted molar refractivity (Wildman–Crippen MR) is 125 cm³/mol. The molecule has 0 bridgehead atoms. The molecule has 0 radical (unpaired) electrons. The first-order valence-corrected chi connectivity index (χ1v) is 12.7. The van der Waals surface area contributed by atoms with E-state index in [1.165, 1.54) is 116 Å². The van der Waals surface area contributed by atoms with Crippen LogP contribution >= 0.6 is 0 Å². The van der Waals surface area contributed by atoms with Gasteiger partial charge in [-0.2, -0.15) is 0 Å². The van der Waals surface area contributed by atoms with Gasteiger partial charge in [0.05, 0.1) is 11.2 Å².